The van der Waals surface area contributed by atoms with Crippen LogP contribution in [0.5, 0.6) is 0 Å². The predicted molar refractivity (Wildman–Crippen MR) is 114 cm³/mol. The van der Waals surface area contributed by atoms with Crippen molar-refractivity contribution in [2.45, 2.75) is 25.7 Å². The number of aromatic amines is 2. The second kappa shape index (κ2) is 6.97. The summed E-state index contributed by atoms with van der Waals surface area (Å²) >= 11 is 0. The van der Waals surface area contributed by atoms with Crippen LogP contribution in [-0.2, 0) is 12.8 Å². The molecule has 5 rings (SSSR count). The second-order valence-corrected chi connectivity index (χ2v) is 7.43. The number of para-hydroxylation sites is 4. The summed E-state index contributed by atoms with van der Waals surface area (Å²) in [7, 11) is 0. The Bertz CT molecular complexity index is 1180. The average molecular weight is 366 g/mol. The molecule has 2 heterocycles. The number of hydrogen-bond donors (Lipinski definition) is 2. The molecular formula is C24H22N4. The summed E-state index contributed by atoms with van der Waals surface area (Å²) in [6.07, 6.45) is 1.72. The highest BCUT2D eigenvalue weighted by atomic mass is 14.9. The van der Waals surface area contributed by atoms with Gasteiger partial charge in [-0.15, -0.1) is 0 Å². The van der Waals surface area contributed by atoms with Gasteiger partial charge in [0.1, 0.15) is 11.6 Å². The molecule has 4 heteroatoms. The summed E-state index contributed by atoms with van der Waals surface area (Å²) in [6, 6.07) is 25.1. The highest BCUT2D eigenvalue weighted by molar-refractivity contribution is 5.75. The molecule has 0 saturated heterocycles. The van der Waals surface area contributed by atoms with Gasteiger partial charge in [0.15, 0.2) is 0 Å². The molecule has 0 radical (unpaired) electrons. The number of fused-ring (bicyclic) bond motifs is 2. The zero-order valence-corrected chi connectivity index (χ0v) is 15.8. The minimum atomic E-state index is 0.217. The maximum absolute atomic E-state index is 4.88. The molecule has 28 heavy (non-hydrogen) atoms. The van der Waals surface area contributed by atoms with Gasteiger partial charge in [0.25, 0.3) is 0 Å². The fraction of sp³-hybridized carbons (Fsp3) is 0.167. The predicted octanol–water partition coefficient (Wildman–Crippen LogP) is 5.32. The van der Waals surface area contributed by atoms with Crippen molar-refractivity contribution in [3.8, 4) is 0 Å². The summed E-state index contributed by atoms with van der Waals surface area (Å²) in [4.78, 5) is 16.7. The summed E-state index contributed by atoms with van der Waals surface area (Å²) < 4.78 is 0. The number of aryl methyl sites for hydroxylation is 1. The quantitative estimate of drug-likeness (QED) is 0.442. The van der Waals surface area contributed by atoms with Crippen molar-refractivity contribution in [2.24, 2.45) is 0 Å². The smallest absolute Gasteiger partial charge is 0.111 e. The maximum atomic E-state index is 4.88. The van der Waals surface area contributed by atoms with Crippen LogP contribution in [0.15, 0.2) is 72.8 Å². The van der Waals surface area contributed by atoms with E-state index >= 15 is 0 Å². The molecule has 0 spiro atoms. The highest BCUT2D eigenvalue weighted by Crippen LogP contribution is 2.26. The van der Waals surface area contributed by atoms with Crippen LogP contribution in [-0.4, -0.2) is 19.9 Å². The first-order chi connectivity index (χ1) is 13.7. The van der Waals surface area contributed by atoms with Gasteiger partial charge in [0, 0.05) is 12.3 Å². The number of rotatable bonds is 5. The van der Waals surface area contributed by atoms with Crippen molar-refractivity contribution in [2.75, 3.05) is 0 Å². The van der Waals surface area contributed by atoms with E-state index in [0.717, 1.165) is 46.6 Å². The Morgan fingerprint density at radius 3 is 2.18 bits per heavy atom. The van der Waals surface area contributed by atoms with E-state index < -0.39 is 0 Å². The van der Waals surface area contributed by atoms with E-state index in [4.69, 9.17) is 9.97 Å². The standard InChI is InChI=1S/C24H22N4/c1-16-7-6-8-17(13-16)14-18(24-27-21-11-4-5-12-22(21)28-24)15-23-25-19-9-2-3-10-20(19)26-23/h2-13,18H,14-15H2,1H3,(H,25,26)(H,27,28)/t18-/m1/s1. The second-order valence-electron chi connectivity index (χ2n) is 7.43. The van der Waals surface area contributed by atoms with Crippen molar-refractivity contribution in [3.05, 3.63) is 95.6 Å². The van der Waals surface area contributed by atoms with Gasteiger partial charge in [-0.1, -0.05) is 54.1 Å². The van der Waals surface area contributed by atoms with Crippen LogP contribution in [0.25, 0.3) is 22.1 Å². The Kier molecular flexibility index (Phi) is 4.17. The molecule has 0 fully saturated rings. The van der Waals surface area contributed by atoms with Gasteiger partial charge in [0.2, 0.25) is 0 Å². The first-order valence-corrected chi connectivity index (χ1v) is 9.68. The first kappa shape index (κ1) is 16.8. The van der Waals surface area contributed by atoms with Crippen LogP contribution in [0.3, 0.4) is 0 Å². The first-order valence-electron chi connectivity index (χ1n) is 9.68. The largest absolute Gasteiger partial charge is 0.342 e. The Hall–Kier alpha value is -3.40. The SMILES string of the molecule is Cc1cccc(C[C@H](Cc2nc3ccccc3[nH]2)c2nc3ccccc3[nH]2)c1. The minimum absolute atomic E-state index is 0.217. The van der Waals surface area contributed by atoms with Gasteiger partial charge in [-0.05, 0) is 43.2 Å². The molecule has 2 N–H and O–H groups in total. The van der Waals surface area contributed by atoms with Crippen LogP contribution in [0.2, 0.25) is 0 Å². The van der Waals surface area contributed by atoms with Crippen molar-refractivity contribution >= 4 is 22.1 Å². The third-order valence-electron chi connectivity index (χ3n) is 5.24. The third-order valence-corrected chi connectivity index (χ3v) is 5.24. The summed E-state index contributed by atoms with van der Waals surface area (Å²) in [6.45, 7) is 2.14. The molecule has 0 saturated carbocycles. The van der Waals surface area contributed by atoms with Crippen LogP contribution in [0.1, 0.15) is 28.7 Å². The highest BCUT2D eigenvalue weighted by Gasteiger charge is 2.19. The molecule has 0 bridgehead atoms. The molecule has 3 aromatic carbocycles. The Balaban J connectivity index is 1.52. The number of nitrogens with one attached hydrogen (secondary N) is 2. The molecule has 5 aromatic rings. The summed E-state index contributed by atoms with van der Waals surface area (Å²) in [5.74, 6) is 2.23. The van der Waals surface area contributed by atoms with E-state index in [9.17, 15) is 0 Å². The van der Waals surface area contributed by atoms with Gasteiger partial charge in [0.05, 0.1) is 22.1 Å². The van der Waals surface area contributed by atoms with Crippen LogP contribution in [0.4, 0.5) is 0 Å². The molecule has 1 atom stereocenters. The average Bonchev–Trinajstić information content (AvgIpc) is 3.31. The lowest BCUT2D eigenvalue weighted by molar-refractivity contribution is 0.628. The lowest BCUT2D eigenvalue weighted by Crippen LogP contribution is -2.10. The number of imidazole rings is 2. The number of aromatic nitrogens is 4. The van der Waals surface area contributed by atoms with Gasteiger partial charge < -0.3 is 9.97 Å². The Morgan fingerprint density at radius 2 is 1.46 bits per heavy atom. The Labute approximate surface area is 163 Å². The molecule has 0 aliphatic heterocycles. The van der Waals surface area contributed by atoms with Crippen LogP contribution in [0, 0.1) is 6.92 Å². The number of nitrogens with zero attached hydrogens (tertiary/aromatic N) is 2. The number of hydrogen-bond acceptors (Lipinski definition) is 2. The lowest BCUT2D eigenvalue weighted by atomic mass is 9.94. The van der Waals surface area contributed by atoms with Crippen molar-refractivity contribution in [1.29, 1.82) is 0 Å². The summed E-state index contributed by atoms with van der Waals surface area (Å²) in [5.41, 5.74) is 6.78. The topological polar surface area (TPSA) is 57.4 Å². The van der Waals surface area contributed by atoms with Crippen molar-refractivity contribution in [1.82, 2.24) is 19.9 Å². The molecule has 0 aliphatic rings. The van der Waals surface area contributed by atoms with Gasteiger partial charge in [-0.3, -0.25) is 0 Å². The number of H-pyrrole nitrogens is 2. The molecule has 0 aliphatic carbocycles. The monoisotopic (exact) mass is 366 g/mol. The zero-order valence-electron chi connectivity index (χ0n) is 15.8. The van der Waals surface area contributed by atoms with Crippen LogP contribution < -0.4 is 0 Å². The van der Waals surface area contributed by atoms with E-state index in [-0.39, 0.29) is 5.92 Å². The minimum Gasteiger partial charge on any atom is -0.342 e. The maximum Gasteiger partial charge on any atom is 0.111 e. The number of benzene rings is 3. The van der Waals surface area contributed by atoms with Gasteiger partial charge >= 0.3 is 0 Å². The lowest BCUT2D eigenvalue weighted by Gasteiger charge is -2.14. The molecule has 4 nitrogen and oxygen atoms in total. The molecule has 138 valence electrons. The molecular weight excluding hydrogens is 344 g/mol. The van der Waals surface area contributed by atoms with E-state index in [1.807, 2.05) is 30.3 Å². The molecule has 0 unspecified atom stereocenters. The normalized spacial score (nSPS) is 12.6. The fourth-order valence-electron chi connectivity index (χ4n) is 3.89. The van der Waals surface area contributed by atoms with E-state index in [1.165, 1.54) is 11.1 Å². The van der Waals surface area contributed by atoms with E-state index in [0.29, 0.717) is 0 Å². The third kappa shape index (κ3) is 3.29. The fourth-order valence-corrected chi connectivity index (χ4v) is 3.89. The summed E-state index contributed by atoms with van der Waals surface area (Å²) in [5, 5.41) is 0. The van der Waals surface area contributed by atoms with Gasteiger partial charge in [-0.25, -0.2) is 9.97 Å². The van der Waals surface area contributed by atoms with Crippen molar-refractivity contribution < 1.29 is 0 Å². The van der Waals surface area contributed by atoms with Crippen LogP contribution >= 0.6 is 0 Å². The van der Waals surface area contributed by atoms with E-state index in [1.54, 1.807) is 0 Å². The van der Waals surface area contributed by atoms with E-state index in [2.05, 4.69) is 59.4 Å². The molecule has 2 aromatic heterocycles. The van der Waals surface area contributed by atoms with Crippen molar-refractivity contribution in [3.63, 3.8) is 0 Å². The zero-order chi connectivity index (χ0) is 18.9. The van der Waals surface area contributed by atoms with Gasteiger partial charge in [-0.2, -0.15) is 0 Å². The molecule has 0 amide bonds. The Morgan fingerprint density at radius 1 is 0.750 bits per heavy atom.